The van der Waals surface area contributed by atoms with Crippen molar-refractivity contribution in [2.24, 2.45) is 139 Å². The molecule has 24 nitrogen and oxygen atoms in total. The fourth-order valence-corrected chi connectivity index (χ4v) is 33.0. The first-order chi connectivity index (χ1) is 65.7. The molecule has 12 aliphatic carbocycles. The minimum atomic E-state index is -0.645. The molecule has 33 atom stereocenters. The second kappa shape index (κ2) is 47.1. The van der Waals surface area contributed by atoms with Gasteiger partial charge in [-0.15, -0.1) is 104 Å². The van der Waals surface area contributed by atoms with Crippen LogP contribution < -0.4 is 0 Å². The van der Waals surface area contributed by atoms with E-state index >= 15 is 0 Å². The number of benzene rings is 1. The number of carbonyl (C=O) groups is 12. The molecule has 1 aromatic rings. The van der Waals surface area contributed by atoms with Crippen LogP contribution >= 0.6 is 104 Å². The first kappa shape index (κ1) is 111. The normalized spacial score (nSPS) is 37.5. The molecule has 0 spiro atoms. The number of halogens is 9. The van der Waals surface area contributed by atoms with Gasteiger partial charge in [0.15, 0.2) is 0 Å². The molecule has 0 amide bonds. The maximum Gasteiger partial charge on any atom is 0.321 e. The van der Waals surface area contributed by atoms with Crippen LogP contribution in [0.5, 0.6) is 0 Å². The molecule has 0 aliphatic heterocycles. The summed E-state index contributed by atoms with van der Waals surface area (Å²) in [6.07, 6.45) is 11.6. The van der Waals surface area contributed by atoms with Crippen molar-refractivity contribution in [3.05, 3.63) is 33.4 Å². The lowest BCUT2D eigenvalue weighted by molar-refractivity contribution is -0.225. The Hall–Kier alpha value is -4.53. The molecule has 0 N–H and O–H groups in total. The molecular weight excluding hydrogens is 1960 g/mol. The van der Waals surface area contributed by atoms with E-state index in [0.717, 1.165) is 91.2 Å². The molecule has 13 rings (SSSR count). The van der Waals surface area contributed by atoms with Crippen molar-refractivity contribution in [1.29, 1.82) is 0 Å². The van der Waals surface area contributed by atoms with Gasteiger partial charge in [-0.25, -0.2) is 0 Å². The lowest BCUT2D eigenvalue weighted by Crippen LogP contribution is -2.63. The molecule has 0 heterocycles. The Kier molecular flexibility index (Phi) is 37.8. The highest BCUT2D eigenvalue weighted by Gasteiger charge is 2.72. The molecule has 0 aromatic heterocycles. The van der Waals surface area contributed by atoms with Gasteiger partial charge in [0.05, 0.1) is 0 Å². The van der Waals surface area contributed by atoms with Crippen LogP contribution in [0.4, 0.5) is 0 Å². The zero-order chi connectivity index (χ0) is 100. The summed E-state index contributed by atoms with van der Waals surface area (Å²) in [4.78, 5) is 164. The molecular formula is C105H147Cl9O24. The first-order valence-corrected chi connectivity index (χ1v) is 56.0. The van der Waals surface area contributed by atoms with Crippen molar-refractivity contribution in [2.45, 2.75) is 350 Å². The smallest absolute Gasteiger partial charge is 0.321 e. The summed E-state index contributed by atoms with van der Waals surface area (Å²) in [5, 5.41) is 0. The van der Waals surface area contributed by atoms with Gasteiger partial charge in [-0.2, -0.15) is 0 Å². The van der Waals surface area contributed by atoms with Crippen LogP contribution in [-0.2, 0) is 153 Å². The topological polar surface area (TPSA) is 316 Å². The SMILES string of the molecule is CCc1c(COC(=O)CC[C@@H](C)[C@H]2CC[C@H]3[C@@H]4[C@H](OC(=O)CCl)C[C@H]5C[C@H](OC(=O)CCl)CC[C@@]5(C)[C@H]4C[C@H](OC(=O)CCl)[C@]23C)c(CC)c(COC(=O)CC[C@H](C)[C@H]2CC[C@H]3[C@@H]4[C@@H](OC(=O)CCl)C[C@@H]5C[C@@H](OC(=O)CCl)CC[C@]5(C)[C@H]4C[C@H](OC(=O)CCl)[C@]23C)c(CC)c1COC(=O)CC[C@H](C)[C@H]1CC[C@H]2[C@@H]3[C@H](OC(=O)CCl)C[C@@H]4C[C@H](OC(=O)CCl)CC[C@]4(C)[C@H]3C[C@H](OC(=O)CCl)[C@@]12C. The molecule has 33 heteroatoms. The number of esters is 12. The van der Waals surface area contributed by atoms with Gasteiger partial charge in [0, 0.05) is 53.3 Å². The number of alkyl halides is 9. The van der Waals surface area contributed by atoms with Gasteiger partial charge >= 0.3 is 71.6 Å². The summed E-state index contributed by atoms with van der Waals surface area (Å²) in [5.74, 6) is -10.1. The predicted molar refractivity (Wildman–Crippen MR) is 523 cm³/mol. The number of carbonyl (C=O) groups excluding carboxylic acids is 12. The molecule has 0 unspecified atom stereocenters. The van der Waals surface area contributed by atoms with E-state index in [4.69, 9.17) is 161 Å². The fraction of sp³-hybridized carbons (Fsp3) is 0.829. The van der Waals surface area contributed by atoms with Crippen molar-refractivity contribution in [3.63, 3.8) is 0 Å². The predicted octanol–water partition coefficient (Wildman–Crippen LogP) is 20.7. The standard InChI is InChI=1S/C105H147Cl9O24/c1-13-64-67(52-127-85(115)25-16-55(4)70-19-22-73-97-76(40-82(103(70,73)10)136-94(124)49-112)100(7)31-28-61(130-88(118)43-106)34-58(100)37-79(97)133-91(121)46-109)65(14-2)69(54-129-87(117)27-18-57(6)72-21-24-75-99-78(42-84(105(72,75)12)138-96(126)51-114)102(9)33-30-63(132-90(120)45-108)36-60(102)39-81(99)135-93(123)48-111)66(15-3)68(64)53-128-86(116)26-17-56(5)71-20-23-74-98-77(41-83(104(71,74)11)137-95(125)50-113)101(8)32-29-62(131-89(119)44-107)35-59(101)38-80(98)134-92(122)47-110/h55-63,70-84,97-99H,13-54H2,1-12H3/t55-,56-,57+,58-,59-,60+,61-,62+,63+,70+,71+,72+,73-,74-,75-,76-,77-,78-,79-,80+,81+,82-,83-,84-,97-,98-,99-,100-,101-,102+,103+,104-,105+/m0/s1. The minimum Gasteiger partial charge on any atom is -0.461 e. The lowest BCUT2D eigenvalue weighted by atomic mass is 9.43. The highest BCUT2D eigenvalue weighted by Crippen LogP contribution is 2.74. The van der Waals surface area contributed by atoms with Crippen LogP contribution in [0, 0.1) is 139 Å². The Morgan fingerprint density at radius 3 is 0.725 bits per heavy atom. The van der Waals surface area contributed by atoms with Gasteiger partial charge in [-0.3, -0.25) is 57.5 Å². The molecule has 0 bridgehead atoms. The summed E-state index contributed by atoms with van der Waals surface area (Å²) in [6.45, 7) is 25.4. The summed E-state index contributed by atoms with van der Waals surface area (Å²) in [7, 11) is 0. The summed E-state index contributed by atoms with van der Waals surface area (Å²) >= 11 is 55.3. The average Bonchev–Trinajstić information content (AvgIpc) is 1.43. The molecule has 12 fully saturated rings. The maximum absolute atomic E-state index is 14.9. The third-order valence-electron chi connectivity index (χ3n) is 38.7. The van der Waals surface area contributed by atoms with Crippen molar-refractivity contribution in [3.8, 4) is 0 Å². The average molecular weight is 2110 g/mol. The van der Waals surface area contributed by atoms with Crippen LogP contribution in [0.15, 0.2) is 0 Å². The highest BCUT2D eigenvalue weighted by molar-refractivity contribution is 6.29. The second-order valence-electron chi connectivity index (χ2n) is 44.4. The molecule has 12 saturated carbocycles. The molecule has 138 heavy (non-hydrogen) atoms. The molecule has 774 valence electrons. The second-order valence-corrected chi connectivity index (χ2v) is 46.8. The van der Waals surface area contributed by atoms with Crippen LogP contribution in [0.25, 0.3) is 0 Å². The Morgan fingerprint density at radius 2 is 0.500 bits per heavy atom. The lowest BCUT2D eigenvalue weighted by Gasteiger charge is -2.64. The number of hydrogen-bond donors (Lipinski definition) is 0. The molecule has 0 radical (unpaired) electrons. The molecule has 0 saturated heterocycles. The first-order valence-electron chi connectivity index (χ1n) is 51.1. The van der Waals surface area contributed by atoms with Gasteiger partial charge in [-0.05, 0) is 312 Å². The van der Waals surface area contributed by atoms with Crippen molar-refractivity contribution < 1.29 is 114 Å². The molecule has 12 aliphatic rings. The Balaban J connectivity index is 0.750. The van der Waals surface area contributed by atoms with E-state index in [9.17, 15) is 57.5 Å². The van der Waals surface area contributed by atoms with Gasteiger partial charge in [0.1, 0.15) is 128 Å². The fourth-order valence-electron chi connectivity index (χ4n) is 32.4. The van der Waals surface area contributed by atoms with E-state index in [1.165, 1.54) is 0 Å². The number of hydrogen-bond acceptors (Lipinski definition) is 24. The van der Waals surface area contributed by atoms with Crippen molar-refractivity contribution in [1.82, 2.24) is 0 Å². The van der Waals surface area contributed by atoms with Crippen molar-refractivity contribution in [2.75, 3.05) is 52.9 Å². The number of fused-ring (bicyclic) bond motifs is 15. The maximum atomic E-state index is 14.9. The van der Waals surface area contributed by atoms with E-state index in [1.54, 1.807) is 0 Å². The molecule has 1 aromatic carbocycles. The third-order valence-corrected chi connectivity index (χ3v) is 40.6. The van der Waals surface area contributed by atoms with Crippen LogP contribution in [0.1, 0.15) is 290 Å². The highest BCUT2D eigenvalue weighted by atomic mass is 35.5. The Labute approximate surface area is 860 Å². The van der Waals surface area contributed by atoms with Crippen LogP contribution in [0.2, 0.25) is 0 Å². The summed E-state index contributed by atoms with van der Waals surface area (Å²) in [6, 6.07) is 0. The quantitative estimate of drug-likeness (QED) is 0.0336. The summed E-state index contributed by atoms with van der Waals surface area (Å²) in [5.41, 5.74) is 1.85. The van der Waals surface area contributed by atoms with Gasteiger partial charge in [0.25, 0.3) is 0 Å². The van der Waals surface area contributed by atoms with E-state index in [0.29, 0.717) is 116 Å². The van der Waals surface area contributed by atoms with Crippen LogP contribution in [0.3, 0.4) is 0 Å². The Bertz CT molecular complexity index is 4100. The van der Waals surface area contributed by atoms with Crippen molar-refractivity contribution >= 4 is 176 Å². The van der Waals surface area contributed by atoms with Crippen LogP contribution in [-0.4, -0.2) is 179 Å². The minimum absolute atomic E-state index is 0.00463. The van der Waals surface area contributed by atoms with E-state index < -0.39 is 125 Å². The zero-order valence-corrected chi connectivity index (χ0v) is 89.3. The van der Waals surface area contributed by atoms with E-state index in [-0.39, 0.29) is 233 Å². The van der Waals surface area contributed by atoms with E-state index in [2.05, 4.69) is 62.3 Å². The van der Waals surface area contributed by atoms with E-state index in [1.807, 2.05) is 20.8 Å². The Morgan fingerprint density at radius 1 is 0.275 bits per heavy atom. The van der Waals surface area contributed by atoms with Gasteiger partial charge < -0.3 is 56.8 Å². The van der Waals surface area contributed by atoms with Gasteiger partial charge in [0.2, 0.25) is 0 Å². The monoisotopic (exact) mass is 2110 g/mol. The third kappa shape index (κ3) is 22.3. The largest absolute Gasteiger partial charge is 0.461 e. The zero-order valence-electron chi connectivity index (χ0n) is 82.5. The number of rotatable bonds is 39. The van der Waals surface area contributed by atoms with Gasteiger partial charge in [-0.1, -0.05) is 83.1 Å². The summed E-state index contributed by atoms with van der Waals surface area (Å²) < 4.78 is 75.8. The number of ether oxygens (including phenoxy) is 12.